The van der Waals surface area contributed by atoms with Crippen LogP contribution in [-0.2, 0) is 0 Å². The summed E-state index contributed by atoms with van der Waals surface area (Å²) in [6.07, 6.45) is 0. The van der Waals surface area contributed by atoms with Crippen molar-refractivity contribution in [1.82, 2.24) is 0 Å². The Hall–Kier alpha value is -7.66. The number of amidine groups is 2. The largest absolute Gasteiger partial charge is 0.383 e. The maximum Gasteiger partial charge on any atom is 0.154 e. The van der Waals surface area contributed by atoms with E-state index in [9.17, 15) is 0 Å². The molecule has 3 N–H and O–H groups in total. The van der Waals surface area contributed by atoms with Gasteiger partial charge in [0.05, 0.1) is 0 Å². The third-order valence-corrected chi connectivity index (χ3v) is 12.0. The van der Waals surface area contributed by atoms with Crippen molar-refractivity contribution in [2.45, 2.75) is 6.92 Å². The number of aryl methyl sites for hydroxylation is 1. The lowest BCUT2D eigenvalue weighted by molar-refractivity contribution is 1.41. The van der Waals surface area contributed by atoms with E-state index in [1.54, 1.807) is 11.3 Å². The van der Waals surface area contributed by atoms with Crippen molar-refractivity contribution in [2.75, 3.05) is 0 Å². The molecule has 1 aromatic heterocycles. The molecule has 0 spiro atoms. The van der Waals surface area contributed by atoms with Gasteiger partial charge in [-0.25, -0.2) is 4.99 Å². The third-order valence-electron chi connectivity index (χ3n) is 10.9. The van der Waals surface area contributed by atoms with E-state index in [2.05, 4.69) is 188 Å². The number of hydrogen-bond donors (Lipinski definition) is 2. The van der Waals surface area contributed by atoms with Gasteiger partial charge in [0, 0.05) is 31.3 Å². The van der Waals surface area contributed by atoms with Crippen LogP contribution in [0.4, 0.5) is 0 Å². The number of nitrogens with two attached hydrogens (primary N) is 1. The van der Waals surface area contributed by atoms with E-state index < -0.39 is 0 Å². The highest BCUT2D eigenvalue weighted by Crippen LogP contribution is 2.41. The van der Waals surface area contributed by atoms with Gasteiger partial charge in [-0.05, 0) is 92.9 Å². The number of rotatable bonds is 7. The van der Waals surface area contributed by atoms with Crippen molar-refractivity contribution < 1.29 is 0 Å². The quantitative estimate of drug-likeness (QED) is 0.122. The zero-order valence-electron chi connectivity index (χ0n) is 33.8. The number of nitrogens with zero attached hydrogens (tertiary/aromatic N) is 1. The summed E-state index contributed by atoms with van der Waals surface area (Å²) in [4.78, 5) is 4.53. The van der Waals surface area contributed by atoms with E-state index in [1.165, 1.54) is 49.2 Å². The summed E-state index contributed by atoms with van der Waals surface area (Å²) in [6, 6.07) is 78.0. The van der Waals surface area contributed by atoms with Crippen LogP contribution in [0.25, 0.3) is 75.8 Å². The van der Waals surface area contributed by atoms with Gasteiger partial charge in [0.15, 0.2) is 5.84 Å². The predicted octanol–water partition coefficient (Wildman–Crippen LogP) is 15.1. The van der Waals surface area contributed by atoms with Crippen LogP contribution >= 0.6 is 11.3 Å². The van der Waals surface area contributed by atoms with Crippen LogP contribution in [0.15, 0.2) is 229 Å². The molecular formula is C57H43N3S. The van der Waals surface area contributed by atoms with Gasteiger partial charge in [0.1, 0.15) is 5.84 Å². The molecule has 1 heterocycles. The van der Waals surface area contributed by atoms with Crippen LogP contribution in [0.1, 0.15) is 16.7 Å². The Morgan fingerprint density at radius 2 is 0.902 bits per heavy atom. The maximum absolute atomic E-state index is 8.96. The van der Waals surface area contributed by atoms with Crippen LogP contribution in [0.5, 0.6) is 0 Å². The summed E-state index contributed by atoms with van der Waals surface area (Å²) in [5.41, 5.74) is 21.2. The highest BCUT2D eigenvalue weighted by atomic mass is 32.1. The van der Waals surface area contributed by atoms with E-state index in [0.29, 0.717) is 5.84 Å². The SMILES string of the molecule is Cc1cccc(-c2ccccc2)c1.N=C(N=C(N)c1ccccc1)c1cccc2sc3ccc(-c4ccccc4-c4cccc(-c5cccc(-c6ccccc6)c5)c4)cc3c12. The van der Waals surface area contributed by atoms with Crippen LogP contribution in [0, 0.1) is 12.3 Å². The van der Waals surface area contributed by atoms with Gasteiger partial charge in [-0.1, -0.05) is 200 Å². The average Bonchev–Trinajstić information content (AvgIpc) is 3.71. The topological polar surface area (TPSA) is 62.2 Å². The highest BCUT2D eigenvalue weighted by molar-refractivity contribution is 7.25. The lowest BCUT2D eigenvalue weighted by Crippen LogP contribution is -2.15. The van der Waals surface area contributed by atoms with Gasteiger partial charge in [-0.2, -0.15) is 0 Å². The van der Waals surface area contributed by atoms with Gasteiger partial charge in [-0.3, -0.25) is 5.41 Å². The molecule has 0 radical (unpaired) electrons. The molecule has 10 aromatic rings. The second kappa shape index (κ2) is 17.7. The molecule has 0 aliphatic carbocycles. The number of aliphatic imine (C=N–C) groups is 1. The first kappa shape index (κ1) is 38.8. The van der Waals surface area contributed by atoms with Crippen LogP contribution in [-0.4, -0.2) is 11.7 Å². The highest BCUT2D eigenvalue weighted by Gasteiger charge is 2.16. The second-order valence-electron chi connectivity index (χ2n) is 15.0. The van der Waals surface area contributed by atoms with Crippen LogP contribution < -0.4 is 5.73 Å². The van der Waals surface area contributed by atoms with E-state index in [-0.39, 0.29) is 5.84 Å². The molecule has 3 nitrogen and oxygen atoms in total. The molecular weight excluding hydrogens is 759 g/mol. The molecule has 0 fully saturated rings. The fourth-order valence-electron chi connectivity index (χ4n) is 7.86. The van der Waals surface area contributed by atoms with Crippen LogP contribution in [0.3, 0.4) is 0 Å². The Morgan fingerprint density at radius 3 is 1.52 bits per heavy atom. The number of thiophene rings is 1. The standard InChI is InChI=1S/C44H31N3S.C13H12/c45-43(30-14-5-2-6-15-30)47-44(46)38-22-11-23-41-42(38)39-28-35(24-25-40(39)48-41)37-21-8-7-20-36(37)34-19-10-18-33(27-34)32-17-9-16-31(26-32)29-12-3-1-4-13-29;1-11-6-5-9-13(10-11)12-7-3-2-4-8-12/h1-28H,(H3,45,46,47);2-10H,1H3. The molecule has 9 aromatic carbocycles. The lowest BCUT2D eigenvalue weighted by Gasteiger charge is -2.13. The Labute approximate surface area is 361 Å². The molecule has 0 saturated carbocycles. The Kier molecular flexibility index (Phi) is 11.3. The normalized spacial score (nSPS) is 11.3. The van der Waals surface area contributed by atoms with Crippen molar-refractivity contribution in [3.63, 3.8) is 0 Å². The number of benzene rings is 9. The Morgan fingerprint density at radius 1 is 0.426 bits per heavy atom. The summed E-state index contributed by atoms with van der Waals surface area (Å²) in [5.74, 6) is 0.487. The van der Waals surface area contributed by atoms with Crippen LogP contribution in [0.2, 0.25) is 0 Å². The molecule has 0 amide bonds. The molecule has 0 bridgehead atoms. The number of hydrogen-bond acceptors (Lipinski definition) is 2. The molecule has 4 heteroatoms. The smallest absolute Gasteiger partial charge is 0.154 e. The first-order chi connectivity index (χ1) is 30.0. The molecule has 292 valence electrons. The fraction of sp³-hybridized carbons (Fsp3) is 0.0175. The third kappa shape index (κ3) is 8.58. The van der Waals surface area contributed by atoms with Gasteiger partial charge >= 0.3 is 0 Å². The zero-order valence-corrected chi connectivity index (χ0v) is 34.6. The van der Waals surface area contributed by atoms with E-state index in [4.69, 9.17) is 11.1 Å². The van der Waals surface area contributed by atoms with Crippen molar-refractivity contribution in [3.8, 4) is 55.6 Å². The van der Waals surface area contributed by atoms with E-state index >= 15 is 0 Å². The lowest BCUT2D eigenvalue weighted by atomic mass is 9.91. The van der Waals surface area contributed by atoms with Gasteiger partial charge in [-0.15, -0.1) is 11.3 Å². The molecule has 0 unspecified atom stereocenters. The average molecular weight is 802 g/mol. The maximum atomic E-state index is 8.96. The Bertz CT molecular complexity index is 3170. The second-order valence-corrected chi connectivity index (χ2v) is 16.1. The summed E-state index contributed by atoms with van der Waals surface area (Å²) in [7, 11) is 0. The first-order valence-electron chi connectivity index (χ1n) is 20.4. The van der Waals surface area contributed by atoms with Crippen molar-refractivity contribution >= 4 is 43.2 Å². The molecule has 0 saturated heterocycles. The minimum atomic E-state index is 0.153. The Balaban J connectivity index is 0.000000312. The predicted molar refractivity (Wildman–Crippen MR) is 262 cm³/mol. The minimum Gasteiger partial charge on any atom is -0.383 e. The molecule has 61 heavy (non-hydrogen) atoms. The van der Waals surface area contributed by atoms with Crippen molar-refractivity contribution in [3.05, 3.63) is 241 Å². The van der Waals surface area contributed by atoms with E-state index in [0.717, 1.165) is 43.3 Å². The van der Waals surface area contributed by atoms with Crippen molar-refractivity contribution in [2.24, 2.45) is 10.7 Å². The van der Waals surface area contributed by atoms with E-state index in [1.807, 2.05) is 48.5 Å². The minimum absolute atomic E-state index is 0.153. The summed E-state index contributed by atoms with van der Waals surface area (Å²) < 4.78 is 2.29. The van der Waals surface area contributed by atoms with Crippen molar-refractivity contribution in [1.29, 1.82) is 5.41 Å². The monoisotopic (exact) mass is 801 g/mol. The van der Waals surface area contributed by atoms with Gasteiger partial charge in [0.2, 0.25) is 0 Å². The zero-order chi connectivity index (χ0) is 41.5. The first-order valence-corrected chi connectivity index (χ1v) is 21.2. The summed E-state index contributed by atoms with van der Waals surface area (Å²) >= 11 is 1.74. The number of nitrogens with one attached hydrogen (secondary N) is 1. The fourth-order valence-corrected chi connectivity index (χ4v) is 8.98. The summed E-state index contributed by atoms with van der Waals surface area (Å²) in [6.45, 7) is 2.12. The molecule has 0 atom stereocenters. The van der Waals surface area contributed by atoms with Gasteiger partial charge < -0.3 is 5.73 Å². The van der Waals surface area contributed by atoms with Gasteiger partial charge in [0.25, 0.3) is 0 Å². The summed E-state index contributed by atoms with van der Waals surface area (Å²) in [5, 5.41) is 11.1. The number of fused-ring (bicyclic) bond motifs is 3. The molecule has 0 aliphatic heterocycles. The molecule has 0 aliphatic rings. The molecule has 10 rings (SSSR count).